The lowest BCUT2D eigenvalue weighted by molar-refractivity contribution is 0.142. The summed E-state index contributed by atoms with van der Waals surface area (Å²) in [5.74, 6) is 2.17. The average Bonchev–Trinajstić information content (AvgIpc) is 1.61. The molecule has 1 atom stereocenters. The Bertz CT molecular complexity index is 72.6. The lowest BCUT2D eigenvalue weighted by atomic mass is 10.7. The quantitative estimate of drug-likeness (QED) is 0.393. The van der Waals surface area contributed by atoms with Crippen LogP contribution in [-0.2, 0) is 4.74 Å². The lowest BCUT2D eigenvalue weighted by Gasteiger charge is -1.99. The largest absolute Gasteiger partial charge is 0.344 e. The van der Waals surface area contributed by atoms with Crippen molar-refractivity contribution in [1.29, 1.82) is 0 Å². The standard InChI is InChI=1S/C5H8NO/c1-3-4-7-5(2)6/h1,4-5H,6H2,2H3. The van der Waals surface area contributed by atoms with Gasteiger partial charge < -0.3 is 10.5 Å². The summed E-state index contributed by atoms with van der Waals surface area (Å²) in [5, 5.41) is 0. The zero-order chi connectivity index (χ0) is 5.70. The Morgan fingerprint density at radius 1 is 2.00 bits per heavy atom. The van der Waals surface area contributed by atoms with Gasteiger partial charge in [0.2, 0.25) is 0 Å². The Morgan fingerprint density at radius 2 is 2.57 bits per heavy atom. The molecule has 0 saturated heterocycles. The van der Waals surface area contributed by atoms with Gasteiger partial charge in [-0.2, -0.15) is 0 Å². The van der Waals surface area contributed by atoms with Crippen LogP contribution in [0.15, 0.2) is 0 Å². The number of rotatable bonds is 2. The molecular formula is C5H8NO. The molecule has 0 saturated carbocycles. The minimum absolute atomic E-state index is 0.295. The van der Waals surface area contributed by atoms with Crippen LogP contribution in [0, 0.1) is 19.0 Å². The Kier molecular flexibility index (Phi) is 3.39. The first-order valence-electron chi connectivity index (χ1n) is 1.96. The molecule has 0 aliphatic rings. The van der Waals surface area contributed by atoms with Crippen LogP contribution >= 0.6 is 0 Å². The fourth-order valence-electron chi connectivity index (χ4n) is 0.147. The van der Waals surface area contributed by atoms with Gasteiger partial charge in [-0.1, -0.05) is 5.92 Å². The number of hydrogen-bond donors (Lipinski definition) is 1. The molecule has 0 fully saturated rings. The molecule has 2 N–H and O–H groups in total. The zero-order valence-corrected chi connectivity index (χ0v) is 4.22. The smallest absolute Gasteiger partial charge is 0.157 e. The maximum absolute atomic E-state index is 5.13. The van der Waals surface area contributed by atoms with E-state index in [1.54, 1.807) is 6.92 Å². The van der Waals surface area contributed by atoms with Gasteiger partial charge in [0.25, 0.3) is 0 Å². The fourth-order valence-corrected chi connectivity index (χ4v) is 0.147. The van der Waals surface area contributed by atoms with Crippen molar-refractivity contribution >= 4 is 0 Å². The normalized spacial score (nSPS) is 12.7. The van der Waals surface area contributed by atoms with Crippen molar-refractivity contribution in [3.8, 4) is 12.3 Å². The Labute approximate surface area is 43.7 Å². The summed E-state index contributed by atoms with van der Waals surface area (Å²) in [6.45, 7) is 2.93. The maximum atomic E-state index is 5.13. The van der Waals surface area contributed by atoms with Gasteiger partial charge in [0.1, 0.15) is 6.23 Å². The third-order valence-electron chi connectivity index (χ3n) is 0.351. The Hall–Kier alpha value is -0.520. The van der Waals surface area contributed by atoms with Crippen LogP contribution < -0.4 is 5.73 Å². The highest BCUT2D eigenvalue weighted by molar-refractivity contribution is 4.94. The van der Waals surface area contributed by atoms with Crippen molar-refractivity contribution in [3.05, 3.63) is 6.61 Å². The Balaban J connectivity index is 2.86. The van der Waals surface area contributed by atoms with E-state index in [-0.39, 0.29) is 6.23 Å². The fraction of sp³-hybridized carbons (Fsp3) is 0.400. The predicted molar refractivity (Wildman–Crippen MR) is 27.9 cm³/mol. The molecule has 0 bridgehead atoms. The van der Waals surface area contributed by atoms with E-state index in [1.807, 2.05) is 0 Å². The second-order valence-electron chi connectivity index (χ2n) is 1.13. The molecule has 0 aromatic rings. The highest BCUT2D eigenvalue weighted by Gasteiger charge is 1.86. The van der Waals surface area contributed by atoms with Crippen LogP contribution in [-0.4, -0.2) is 6.23 Å². The van der Waals surface area contributed by atoms with E-state index < -0.39 is 0 Å². The number of nitrogens with two attached hydrogens (primary N) is 1. The second-order valence-corrected chi connectivity index (χ2v) is 1.13. The molecule has 1 unspecified atom stereocenters. The first-order chi connectivity index (χ1) is 3.27. The van der Waals surface area contributed by atoms with Crippen LogP contribution in [0.25, 0.3) is 0 Å². The van der Waals surface area contributed by atoms with E-state index in [9.17, 15) is 0 Å². The van der Waals surface area contributed by atoms with Gasteiger partial charge in [0.15, 0.2) is 6.61 Å². The zero-order valence-electron chi connectivity index (χ0n) is 4.22. The Morgan fingerprint density at radius 3 is 2.71 bits per heavy atom. The summed E-state index contributed by atoms with van der Waals surface area (Å²) in [7, 11) is 0. The molecule has 0 aromatic carbocycles. The van der Waals surface area contributed by atoms with E-state index in [0.29, 0.717) is 0 Å². The molecule has 2 nitrogen and oxygen atoms in total. The van der Waals surface area contributed by atoms with Gasteiger partial charge in [-0.3, -0.25) is 0 Å². The topological polar surface area (TPSA) is 35.2 Å². The number of terminal acetylenes is 1. The van der Waals surface area contributed by atoms with Gasteiger partial charge >= 0.3 is 0 Å². The molecule has 0 aliphatic heterocycles. The molecule has 2 heteroatoms. The van der Waals surface area contributed by atoms with Crippen LogP contribution in [0.3, 0.4) is 0 Å². The van der Waals surface area contributed by atoms with Crippen LogP contribution in [0.5, 0.6) is 0 Å². The molecule has 0 spiro atoms. The molecule has 0 aliphatic carbocycles. The SMILES string of the molecule is C#C[CH]OC(C)N. The van der Waals surface area contributed by atoms with Gasteiger partial charge in [0.05, 0.1) is 0 Å². The maximum Gasteiger partial charge on any atom is 0.157 e. The predicted octanol–water partition coefficient (Wildman–Crippen LogP) is 0.103. The summed E-state index contributed by atoms with van der Waals surface area (Å²) in [6, 6.07) is 0. The molecule has 1 radical (unpaired) electrons. The van der Waals surface area contributed by atoms with Crippen molar-refractivity contribution in [2.45, 2.75) is 13.2 Å². The summed E-state index contributed by atoms with van der Waals surface area (Å²) in [5.41, 5.74) is 5.13. The second kappa shape index (κ2) is 3.66. The summed E-state index contributed by atoms with van der Waals surface area (Å²) in [4.78, 5) is 0. The molecule has 39 valence electrons. The van der Waals surface area contributed by atoms with Crippen LogP contribution in [0.1, 0.15) is 6.92 Å². The van der Waals surface area contributed by atoms with Crippen molar-refractivity contribution in [3.63, 3.8) is 0 Å². The summed E-state index contributed by atoms with van der Waals surface area (Å²) in [6.07, 6.45) is 4.50. The molecule has 0 amide bonds. The molecular weight excluding hydrogens is 90.1 g/mol. The first-order valence-corrected chi connectivity index (χ1v) is 1.96. The van der Waals surface area contributed by atoms with Gasteiger partial charge in [-0.05, 0) is 6.92 Å². The number of ether oxygens (including phenoxy) is 1. The van der Waals surface area contributed by atoms with Crippen molar-refractivity contribution in [1.82, 2.24) is 0 Å². The molecule has 0 rings (SSSR count). The first kappa shape index (κ1) is 6.48. The third kappa shape index (κ3) is 5.48. The van der Waals surface area contributed by atoms with E-state index in [4.69, 9.17) is 12.2 Å². The van der Waals surface area contributed by atoms with Crippen LogP contribution in [0.4, 0.5) is 0 Å². The minimum atomic E-state index is -0.295. The summed E-state index contributed by atoms with van der Waals surface area (Å²) >= 11 is 0. The van der Waals surface area contributed by atoms with E-state index >= 15 is 0 Å². The van der Waals surface area contributed by atoms with Crippen molar-refractivity contribution in [2.75, 3.05) is 0 Å². The van der Waals surface area contributed by atoms with Gasteiger partial charge in [-0.15, -0.1) is 6.42 Å². The minimum Gasteiger partial charge on any atom is -0.344 e. The highest BCUT2D eigenvalue weighted by Crippen LogP contribution is 1.80. The van der Waals surface area contributed by atoms with E-state index in [0.717, 1.165) is 0 Å². The number of hydrogen-bond acceptors (Lipinski definition) is 2. The monoisotopic (exact) mass is 98.1 g/mol. The summed E-state index contributed by atoms with van der Waals surface area (Å²) < 4.78 is 4.61. The third-order valence-corrected chi connectivity index (χ3v) is 0.351. The van der Waals surface area contributed by atoms with E-state index in [2.05, 4.69) is 10.7 Å². The van der Waals surface area contributed by atoms with Crippen molar-refractivity contribution < 1.29 is 4.74 Å². The van der Waals surface area contributed by atoms with Crippen molar-refractivity contribution in [2.24, 2.45) is 5.73 Å². The van der Waals surface area contributed by atoms with Crippen LogP contribution in [0.2, 0.25) is 0 Å². The molecule has 7 heavy (non-hydrogen) atoms. The lowest BCUT2D eigenvalue weighted by Crippen LogP contribution is -2.16. The van der Waals surface area contributed by atoms with E-state index in [1.165, 1.54) is 6.61 Å². The molecule has 0 heterocycles. The van der Waals surface area contributed by atoms with Gasteiger partial charge in [-0.25, -0.2) is 0 Å². The average molecular weight is 98.1 g/mol. The van der Waals surface area contributed by atoms with Gasteiger partial charge in [0, 0.05) is 0 Å². The highest BCUT2D eigenvalue weighted by atomic mass is 16.5. The molecule has 0 aromatic heterocycles.